The Morgan fingerprint density at radius 1 is 1.38 bits per heavy atom. The first kappa shape index (κ1) is 18.7. The van der Waals surface area contributed by atoms with Gasteiger partial charge in [-0.1, -0.05) is 0 Å². The molecular weight excluding hydrogens is 374 g/mol. The van der Waals surface area contributed by atoms with Gasteiger partial charge in [0.25, 0.3) is 0 Å². The van der Waals surface area contributed by atoms with Gasteiger partial charge in [-0.3, -0.25) is 4.79 Å². The number of anilines is 2. The number of rotatable bonds is 5. The van der Waals surface area contributed by atoms with E-state index >= 15 is 0 Å². The molecule has 8 nitrogen and oxygen atoms in total. The third-order valence-electron chi connectivity index (χ3n) is 4.31. The smallest absolute Gasteiger partial charge is 0.241 e. The number of piperidine rings is 1. The largest absolute Gasteiger partial charge is 0.383 e. The zero-order chi connectivity index (χ0) is 18.9. The molecular formula is C16H21N5O3S2. The molecule has 0 unspecified atom stereocenters. The van der Waals surface area contributed by atoms with Gasteiger partial charge in [-0.15, -0.1) is 11.3 Å². The van der Waals surface area contributed by atoms with Crippen molar-refractivity contribution >= 4 is 38.9 Å². The maximum absolute atomic E-state index is 12.6. The Kier molecular flexibility index (Phi) is 5.26. The molecule has 10 heteroatoms. The number of carbonyl (C=O) groups is 1. The molecule has 0 atom stereocenters. The van der Waals surface area contributed by atoms with Crippen molar-refractivity contribution in [2.24, 2.45) is 0 Å². The van der Waals surface area contributed by atoms with E-state index in [1.807, 2.05) is 18.4 Å². The van der Waals surface area contributed by atoms with E-state index in [-0.39, 0.29) is 29.2 Å². The van der Waals surface area contributed by atoms with Crippen molar-refractivity contribution in [3.63, 3.8) is 0 Å². The number of sulfonamides is 1. The lowest BCUT2D eigenvalue weighted by atomic mass is 10.1. The summed E-state index contributed by atoms with van der Waals surface area (Å²) in [6.45, 7) is 3.29. The van der Waals surface area contributed by atoms with Crippen LogP contribution in [0.2, 0.25) is 0 Å². The van der Waals surface area contributed by atoms with Crippen molar-refractivity contribution in [2.45, 2.75) is 25.8 Å². The van der Waals surface area contributed by atoms with Crippen molar-refractivity contribution in [1.82, 2.24) is 15.3 Å². The van der Waals surface area contributed by atoms with E-state index in [2.05, 4.69) is 15.3 Å². The predicted octanol–water partition coefficient (Wildman–Crippen LogP) is 1.18. The van der Waals surface area contributed by atoms with E-state index in [1.165, 1.54) is 21.8 Å². The van der Waals surface area contributed by atoms with Gasteiger partial charge < -0.3 is 11.1 Å². The van der Waals surface area contributed by atoms with E-state index in [1.54, 1.807) is 0 Å². The first-order valence-electron chi connectivity index (χ1n) is 8.20. The standard InChI is InChI=1S/C16H21N5O3S2/c1-10-5-8-25-14(10)13(22)12-9-19-16(20-15(12)17)21(26(2,23)24)11-3-6-18-7-4-11/h5,8-9,11,18H,3-4,6-7H2,1-2H3,(H2,17,19,20). The van der Waals surface area contributed by atoms with Gasteiger partial charge in [-0.05, 0) is 49.9 Å². The fourth-order valence-corrected chi connectivity index (χ4v) is 5.03. The van der Waals surface area contributed by atoms with Crippen LogP contribution in [0.4, 0.5) is 11.8 Å². The summed E-state index contributed by atoms with van der Waals surface area (Å²) in [6.07, 6.45) is 3.76. The van der Waals surface area contributed by atoms with Crippen LogP contribution in [0.1, 0.15) is 33.6 Å². The summed E-state index contributed by atoms with van der Waals surface area (Å²) in [4.78, 5) is 21.5. The van der Waals surface area contributed by atoms with Crippen LogP contribution in [-0.4, -0.2) is 49.6 Å². The lowest BCUT2D eigenvalue weighted by Gasteiger charge is -2.32. The first-order chi connectivity index (χ1) is 12.3. The topological polar surface area (TPSA) is 118 Å². The highest BCUT2D eigenvalue weighted by Crippen LogP contribution is 2.26. The number of nitrogens with zero attached hydrogens (tertiary/aromatic N) is 3. The van der Waals surface area contributed by atoms with Gasteiger partial charge in [0.05, 0.1) is 22.7 Å². The highest BCUT2D eigenvalue weighted by molar-refractivity contribution is 7.92. The molecule has 0 aromatic carbocycles. The number of nitrogen functional groups attached to an aromatic ring is 1. The van der Waals surface area contributed by atoms with Gasteiger partial charge in [0, 0.05) is 6.20 Å². The SMILES string of the molecule is Cc1ccsc1C(=O)c1cnc(N(C2CCNCC2)S(C)(=O)=O)nc1N. The van der Waals surface area contributed by atoms with Crippen molar-refractivity contribution in [3.05, 3.63) is 33.6 Å². The van der Waals surface area contributed by atoms with Crippen molar-refractivity contribution in [1.29, 1.82) is 0 Å². The molecule has 140 valence electrons. The fourth-order valence-electron chi connectivity index (χ4n) is 3.02. The minimum Gasteiger partial charge on any atom is -0.383 e. The molecule has 26 heavy (non-hydrogen) atoms. The van der Waals surface area contributed by atoms with Gasteiger partial charge in [0.2, 0.25) is 21.8 Å². The third-order valence-corrected chi connectivity index (χ3v) is 6.50. The second-order valence-corrected chi connectivity index (χ2v) is 9.05. The molecule has 1 aliphatic rings. The quantitative estimate of drug-likeness (QED) is 0.730. The molecule has 3 N–H and O–H groups in total. The molecule has 1 saturated heterocycles. The minimum absolute atomic E-state index is 0.0105. The Morgan fingerprint density at radius 3 is 2.62 bits per heavy atom. The predicted molar refractivity (Wildman–Crippen MR) is 102 cm³/mol. The third kappa shape index (κ3) is 3.71. The van der Waals surface area contributed by atoms with Crippen LogP contribution < -0.4 is 15.4 Å². The van der Waals surface area contributed by atoms with Crippen LogP contribution in [0.3, 0.4) is 0 Å². The summed E-state index contributed by atoms with van der Waals surface area (Å²) >= 11 is 1.32. The molecule has 0 aliphatic carbocycles. The molecule has 2 aromatic heterocycles. The van der Waals surface area contributed by atoms with E-state index in [0.29, 0.717) is 17.7 Å². The number of aromatic nitrogens is 2. The molecule has 0 amide bonds. The first-order valence-corrected chi connectivity index (χ1v) is 10.9. The molecule has 2 aromatic rings. The van der Waals surface area contributed by atoms with Crippen LogP contribution in [-0.2, 0) is 10.0 Å². The Bertz CT molecular complexity index is 920. The molecule has 0 saturated carbocycles. The van der Waals surface area contributed by atoms with E-state index < -0.39 is 10.0 Å². The summed E-state index contributed by atoms with van der Waals surface area (Å²) in [5.41, 5.74) is 7.02. The van der Waals surface area contributed by atoms with Crippen LogP contribution in [0, 0.1) is 6.92 Å². The number of hydrogen-bond acceptors (Lipinski definition) is 8. The van der Waals surface area contributed by atoms with Gasteiger partial charge in [-0.25, -0.2) is 17.7 Å². The van der Waals surface area contributed by atoms with Crippen LogP contribution >= 0.6 is 11.3 Å². The highest BCUT2D eigenvalue weighted by Gasteiger charge is 2.31. The number of nitrogens with one attached hydrogen (secondary N) is 1. The maximum atomic E-state index is 12.6. The summed E-state index contributed by atoms with van der Waals surface area (Å²) < 4.78 is 25.8. The maximum Gasteiger partial charge on any atom is 0.241 e. The second-order valence-electron chi connectivity index (χ2n) is 6.27. The van der Waals surface area contributed by atoms with E-state index in [0.717, 1.165) is 24.9 Å². The number of ketones is 1. The highest BCUT2D eigenvalue weighted by atomic mass is 32.2. The Balaban J connectivity index is 1.96. The molecule has 3 rings (SSSR count). The minimum atomic E-state index is -3.58. The Morgan fingerprint density at radius 2 is 2.08 bits per heavy atom. The molecule has 1 aliphatic heterocycles. The second kappa shape index (κ2) is 7.29. The molecule has 1 fully saturated rings. The molecule has 0 radical (unpaired) electrons. The monoisotopic (exact) mass is 395 g/mol. The molecule has 3 heterocycles. The number of hydrogen-bond donors (Lipinski definition) is 2. The summed E-state index contributed by atoms with van der Waals surface area (Å²) in [6, 6.07) is 1.62. The van der Waals surface area contributed by atoms with E-state index in [4.69, 9.17) is 5.73 Å². The summed E-state index contributed by atoms with van der Waals surface area (Å²) in [5.74, 6) is -0.263. The molecule has 0 spiro atoms. The van der Waals surface area contributed by atoms with Gasteiger partial charge in [0.15, 0.2) is 0 Å². The zero-order valence-corrected chi connectivity index (χ0v) is 16.2. The normalized spacial score (nSPS) is 15.8. The lowest BCUT2D eigenvalue weighted by molar-refractivity contribution is 0.104. The van der Waals surface area contributed by atoms with E-state index in [9.17, 15) is 13.2 Å². The van der Waals surface area contributed by atoms with Crippen LogP contribution in [0.25, 0.3) is 0 Å². The number of carbonyl (C=O) groups excluding carboxylic acids is 1. The fraction of sp³-hybridized carbons (Fsp3) is 0.438. The van der Waals surface area contributed by atoms with Crippen LogP contribution in [0.15, 0.2) is 17.6 Å². The van der Waals surface area contributed by atoms with Crippen molar-refractivity contribution in [2.75, 3.05) is 29.4 Å². The average Bonchev–Trinajstić information content (AvgIpc) is 3.00. The Labute approximate surface area is 156 Å². The lowest BCUT2D eigenvalue weighted by Crippen LogP contribution is -2.46. The van der Waals surface area contributed by atoms with Crippen LogP contribution in [0.5, 0.6) is 0 Å². The number of nitrogens with two attached hydrogens (primary N) is 1. The number of aryl methyl sites for hydroxylation is 1. The van der Waals surface area contributed by atoms with Gasteiger partial charge in [0.1, 0.15) is 5.82 Å². The van der Waals surface area contributed by atoms with Gasteiger partial charge in [-0.2, -0.15) is 4.98 Å². The van der Waals surface area contributed by atoms with Crippen molar-refractivity contribution < 1.29 is 13.2 Å². The average molecular weight is 396 g/mol. The summed E-state index contributed by atoms with van der Waals surface area (Å²) in [7, 11) is -3.58. The zero-order valence-electron chi connectivity index (χ0n) is 14.6. The van der Waals surface area contributed by atoms with Gasteiger partial charge >= 0.3 is 0 Å². The van der Waals surface area contributed by atoms with Crippen molar-refractivity contribution in [3.8, 4) is 0 Å². The number of thiophene rings is 1. The molecule has 0 bridgehead atoms. The Hall–Kier alpha value is -2.04. The summed E-state index contributed by atoms with van der Waals surface area (Å²) in [5, 5.41) is 5.03.